The zero-order valence-electron chi connectivity index (χ0n) is 27.7. The molecule has 1 saturated carbocycles. The minimum Gasteiger partial charge on any atom is -0.476 e. The summed E-state index contributed by atoms with van der Waals surface area (Å²) < 4.78 is 9.11. The number of para-hydroxylation sites is 1. The molecule has 2 N–H and O–H groups in total. The molecule has 0 saturated heterocycles. The number of ether oxygens (including phenoxy) is 1. The van der Waals surface area contributed by atoms with E-state index >= 15 is 0 Å². The van der Waals surface area contributed by atoms with Gasteiger partial charge in [0.15, 0.2) is 10.8 Å². The molecule has 3 aromatic heterocycles. The van der Waals surface area contributed by atoms with Crippen LogP contribution in [0.3, 0.4) is 0 Å². The van der Waals surface area contributed by atoms with Crippen LogP contribution in [0.1, 0.15) is 77.2 Å². The van der Waals surface area contributed by atoms with E-state index in [0.717, 1.165) is 70.4 Å². The van der Waals surface area contributed by atoms with Crippen LogP contribution >= 0.6 is 11.3 Å². The minimum atomic E-state index is -1.09. The first kappa shape index (κ1) is 32.0. The van der Waals surface area contributed by atoms with E-state index < -0.39 is 5.97 Å². The van der Waals surface area contributed by atoms with Crippen LogP contribution in [0.25, 0.3) is 21.3 Å². The molecule has 0 spiro atoms. The van der Waals surface area contributed by atoms with E-state index in [4.69, 9.17) is 9.84 Å². The normalized spacial score (nSPS) is 18.9. The molecule has 11 heteroatoms. The molecule has 1 amide bonds. The van der Waals surface area contributed by atoms with E-state index in [2.05, 4.69) is 40.1 Å². The maximum atomic E-state index is 13.6. The molecular weight excluding hydrogens is 625 g/mol. The van der Waals surface area contributed by atoms with Gasteiger partial charge in [-0.2, -0.15) is 5.10 Å². The lowest BCUT2D eigenvalue weighted by Gasteiger charge is -2.44. The molecule has 7 rings (SSSR count). The van der Waals surface area contributed by atoms with Gasteiger partial charge in [0.1, 0.15) is 0 Å². The number of nitrogens with one attached hydrogen (secondary N) is 1. The molecule has 1 fully saturated rings. The summed E-state index contributed by atoms with van der Waals surface area (Å²) in [6.07, 6.45) is 8.24. The van der Waals surface area contributed by atoms with Crippen molar-refractivity contribution in [3.63, 3.8) is 0 Å². The van der Waals surface area contributed by atoms with E-state index in [0.29, 0.717) is 35.9 Å². The molecule has 1 aliphatic carbocycles. The molecule has 48 heavy (non-hydrogen) atoms. The van der Waals surface area contributed by atoms with Gasteiger partial charge in [0, 0.05) is 42.6 Å². The van der Waals surface area contributed by atoms with Gasteiger partial charge in [0.25, 0.3) is 5.91 Å². The molecule has 1 atom stereocenters. The smallest absolute Gasteiger partial charge is 0.355 e. The lowest BCUT2D eigenvalue weighted by Crippen LogP contribution is -2.44. The molecule has 0 bridgehead atoms. The van der Waals surface area contributed by atoms with E-state index in [9.17, 15) is 14.7 Å². The highest BCUT2D eigenvalue weighted by Gasteiger charge is 2.41. The summed E-state index contributed by atoms with van der Waals surface area (Å²) in [6.45, 7) is 8.33. The number of carboxylic acids is 1. The molecule has 248 valence electrons. The number of methoxy groups -OCH3 is 1. The fourth-order valence-electron chi connectivity index (χ4n) is 7.56. The first-order chi connectivity index (χ1) is 23.0. The summed E-state index contributed by atoms with van der Waals surface area (Å²) >= 11 is 1.45. The summed E-state index contributed by atoms with van der Waals surface area (Å²) in [7, 11) is 1.78. The van der Waals surface area contributed by atoms with E-state index in [1.165, 1.54) is 11.3 Å². The number of thiazole rings is 1. The van der Waals surface area contributed by atoms with Crippen LogP contribution in [-0.2, 0) is 24.2 Å². The molecule has 1 aliphatic heterocycles. The zero-order chi connectivity index (χ0) is 33.6. The summed E-state index contributed by atoms with van der Waals surface area (Å²) in [5.41, 5.74) is 6.25. The number of carboxylic acid groups (broad SMARTS) is 1. The Hall–Kier alpha value is -4.61. The minimum absolute atomic E-state index is 0.0186. The predicted molar refractivity (Wildman–Crippen MR) is 188 cm³/mol. The van der Waals surface area contributed by atoms with Crippen LogP contribution in [0.5, 0.6) is 0 Å². The molecule has 10 nitrogen and oxygen atoms in total. The fourth-order valence-corrected chi connectivity index (χ4v) is 8.42. The number of aromatic carboxylic acids is 1. The van der Waals surface area contributed by atoms with E-state index in [1.807, 2.05) is 54.1 Å². The average Bonchev–Trinajstić information content (AvgIpc) is 3.65. The second-order valence-electron chi connectivity index (χ2n) is 13.8. The van der Waals surface area contributed by atoms with Gasteiger partial charge in [-0.05, 0) is 79.8 Å². The molecule has 2 aromatic carbocycles. The Morgan fingerprint density at radius 3 is 2.69 bits per heavy atom. The highest BCUT2D eigenvalue weighted by Crippen LogP contribution is 2.44. The Morgan fingerprint density at radius 1 is 1.08 bits per heavy atom. The summed E-state index contributed by atoms with van der Waals surface area (Å²) in [5, 5.41) is 18.4. The monoisotopic (exact) mass is 664 g/mol. The summed E-state index contributed by atoms with van der Waals surface area (Å²) in [4.78, 5) is 37.2. The number of carbonyl (C=O) groups excluding carboxylic acids is 1. The number of fused-ring (bicyclic) bond motifs is 2. The second-order valence-corrected chi connectivity index (χ2v) is 14.9. The second kappa shape index (κ2) is 12.4. The molecule has 5 aromatic rings. The van der Waals surface area contributed by atoms with Gasteiger partial charge < -0.3 is 14.7 Å². The molecular formula is C37H40N6O4S. The lowest BCUT2D eigenvalue weighted by molar-refractivity contribution is -0.0855. The number of rotatable bonds is 8. The number of nitrogens with zero attached hydrogens (tertiary/aromatic N) is 5. The maximum Gasteiger partial charge on any atom is 0.355 e. The number of amides is 1. The maximum absolute atomic E-state index is 13.6. The number of carbonyl (C=O) groups is 2. The van der Waals surface area contributed by atoms with Gasteiger partial charge in [-0.3, -0.25) is 14.8 Å². The third kappa shape index (κ3) is 6.08. The Balaban J connectivity index is 1.17. The SMILES string of the molecule is COC1(Cn2ncc(-c3cc(N4CCc5cccc(C(=O)Nc6nc7ccccc7s6)c5C4)cnc3C(=O)O)c2C)CCCC(C)(C)C1. The van der Waals surface area contributed by atoms with Crippen LogP contribution < -0.4 is 10.2 Å². The van der Waals surface area contributed by atoms with Crippen LogP contribution in [0.15, 0.2) is 60.9 Å². The number of hydrogen-bond donors (Lipinski definition) is 2. The van der Waals surface area contributed by atoms with Crippen molar-refractivity contribution in [2.75, 3.05) is 23.9 Å². The van der Waals surface area contributed by atoms with Crippen LogP contribution in [0, 0.1) is 12.3 Å². The van der Waals surface area contributed by atoms with Gasteiger partial charge in [0.2, 0.25) is 0 Å². The Labute approximate surface area is 283 Å². The predicted octanol–water partition coefficient (Wildman–Crippen LogP) is 7.36. The van der Waals surface area contributed by atoms with Crippen molar-refractivity contribution < 1.29 is 19.4 Å². The van der Waals surface area contributed by atoms with Crippen molar-refractivity contribution in [2.45, 2.75) is 71.6 Å². The number of benzene rings is 2. The van der Waals surface area contributed by atoms with E-state index in [1.54, 1.807) is 19.5 Å². The van der Waals surface area contributed by atoms with Gasteiger partial charge in [-0.25, -0.2) is 14.8 Å². The van der Waals surface area contributed by atoms with Gasteiger partial charge in [0.05, 0.1) is 40.4 Å². The highest BCUT2D eigenvalue weighted by molar-refractivity contribution is 7.22. The first-order valence-electron chi connectivity index (χ1n) is 16.4. The third-order valence-electron chi connectivity index (χ3n) is 10.0. The summed E-state index contributed by atoms with van der Waals surface area (Å²) in [5.74, 6) is -1.30. The summed E-state index contributed by atoms with van der Waals surface area (Å²) in [6, 6.07) is 15.5. The Morgan fingerprint density at radius 2 is 1.92 bits per heavy atom. The quantitative estimate of drug-likeness (QED) is 0.176. The van der Waals surface area contributed by atoms with Crippen molar-refractivity contribution >= 4 is 44.2 Å². The van der Waals surface area contributed by atoms with Crippen molar-refractivity contribution in [3.05, 3.63) is 89.0 Å². The largest absolute Gasteiger partial charge is 0.476 e. The Bertz CT molecular complexity index is 2000. The first-order valence-corrected chi connectivity index (χ1v) is 17.2. The highest BCUT2D eigenvalue weighted by atomic mass is 32.1. The van der Waals surface area contributed by atoms with Crippen LogP contribution in [0.2, 0.25) is 0 Å². The number of anilines is 2. The van der Waals surface area contributed by atoms with Crippen molar-refractivity contribution in [1.82, 2.24) is 19.7 Å². The van der Waals surface area contributed by atoms with Crippen molar-refractivity contribution in [2.24, 2.45) is 5.41 Å². The molecule has 4 heterocycles. The topological polar surface area (TPSA) is 122 Å². The van der Waals surface area contributed by atoms with Gasteiger partial charge in [-0.1, -0.05) is 49.4 Å². The van der Waals surface area contributed by atoms with E-state index in [-0.39, 0.29) is 22.6 Å². The van der Waals surface area contributed by atoms with Crippen molar-refractivity contribution in [1.29, 1.82) is 0 Å². The number of aromatic nitrogens is 4. The fraction of sp³-hybridized carbons (Fsp3) is 0.378. The van der Waals surface area contributed by atoms with Crippen LogP contribution in [-0.4, -0.2) is 56.0 Å². The van der Waals surface area contributed by atoms with Crippen molar-refractivity contribution in [3.8, 4) is 11.1 Å². The molecule has 0 radical (unpaired) electrons. The zero-order valence-corrected chi connectivity index (χ0v) is 28.6. The third-order valence-corrected chi connectivity index (χ3v) is 11.0. The molecule has 2 aliphatic rings. The number of hydrogen-bond acceptors (Lipinski definition) is 8. The average molecular weight is 665 g/mol. The van der Waals surface area contributed by atoms with Gasteiger partial charge >= 0.3 is 5.97 Å². The lowest BCUT2D eigenvalue weighted by atomic mass is 9.69. The standard InChI is InChI=1S/C37H40N6O4S/c1-23-28(19-39-43(23)22-37(47-4)15-8-14-36(2,3)21-37)27-17-25(18-38-32(27)34(45)46)42-16-13-24-9-7-10-26(29(24)20-42)33(44)41-35-40-30-11-5-6-12-31(30)48-35/h5-7,9-12,17-19H,8,13-16,20-22H2,1-4H3,(H,45,46)(H,40,41,44). The Kier molecular flexibility index (Phi) is 8.29. The number of pyridine rings is 1. The molecule has 1 unspecified atom stereocenters. The van der Waals surface area contributed by atoms with Crippen LogP contribution in [0.4, 0.5) is 10.8 Å². The van der Waals surface area contributed by atoms with Gasteiger partial charge in [-0.15, -0.1) is 0 Å².